The van der Waals surface area contributed by atoms with Crippen LogP contribution in [0.2, 0.25) is 0 Å². The molecule has 0 unspecified atom stereocenters. The number of nitrogens with one attached hydrogen (secondary N) is 1. The van der Waals surface area contributed by atoms with Crippen LogP contribution in [0.15, 0.2) is 34.1 Å². The average Bonchev–Trinajstić information content (AvgIpc) is 2.38. The number of rotatable bonds is 3. The molecule has 1 aromatic carbocycles. The van der Waals surface area contributed by atoms with Crippen molar-refractivity contribution in [3.8, 4) is 0 Å². The number of primary sulfonamides is 1. The Hall–Kier alpha value is -1.00. The summed E-state index contributed by atoms with van der Waals surface area (Å²) < 4.78 is 48.9. The second-order valence-corrected chi connectivity index (χ2v) is 8.24. The van der Waals surface area contributed by atoms with Gasteiger partial charge in [-0.15, -0.1) is 0 Å². The van der Waals surface area contributed by atoms with E-state index in [0.717, 1.165) is 6.07 Å². The number of hydrogen-bond acceptors (Lipinski definition) is 5. The molecule has 1 aliphatic heterocycles. The Morgan fingerprint density at radius 2 is 1.90 bits per heavy atom. The lowest BCUT2D eigenvalue weighted by Gasteiger charge is -2.31. The molecule has 20 heavy (non-hydrogen) atoms. The van der Waals surface area contributed by atoms with Crippen LogP contribution in [0.4, 0.5) is 0 Å². The zero-order valence-electron chi connectivity index (χ0n) is 11.0. The van der Waals surface area contributed by atoms with Crippen molar-refractivity contribution in [3.63, 3.8) is 0 Å². The van der Waals surface area contributed by atoms with Crippen LogP contribution in [0.3, 0.4) is 0 Å². The molecule has 0 bridgehead atoms. The molecule has 0 radical (unpaired) electrons. The Morgan fingerprint density at radius 1 is 1.25 bits per heavy atom. The molecule has 0 saturated carbocycles. The van der Waals surface area contributed by atoms with E-state index in [1.165, 1.54) is 22.5 Å². The monoisotopic (exact) mass is 319 g/mol. The van der Waals surface area contributed by atoms with Crippen LogP contribution >= 0.6 is 0 Å². The molecule has 0 amide bonds. The highest BCUT2D eigenvalue weighted by molar-refractivity contribution is 7.90. The summed E-state index contributed by atoms with van der Waals surface area (Å²) in [6.45, 7) is 3.16. The Labute approximate surface area is 118 Å². The first-order valence-electron chi connectivity index (χ1n) is 6.07. The van der Waals surface area contributed by atoms with Crippen LogP contribution in [0.25, 0.3) is 0 Å². The van der Waals surface area contributed by atoms with Crippen LogP contribution in [-0.2, 0) is 20.0 Å². The molecule has 1 aromatic rings. The van der Waals surface area contributed by atoms with Crippen LogP contribution in [-0.4, -0.2) is 46.8 Å². The third kappa shape index (κ3) is 3.18. The predicted octanol–water partition coefficient (Wildman–Crippen LogP) is -0.684. The number of nitrogens with two attached hydrogens (primary N) is 1. The summed E-state index contributed by atoms with van der Waals surface area (Å²) in [5, 5.41) is 8.17. The van der Waals surface area contributed by atoms with Crippen molar-refractivity contribution < 1.29 is 16.8 Å². The molecule has 1 saturated heterocycles. The number of sulfonamides is 2. The van der Waals surface area contributed by atoms with Gasteiger partial charge in [0.25, 0.3) is 0 Å². The van der Waals surface area contributed by atoms with E-state index in [4.69, 9.17) is 5.14 Å². The Bertz CT molecular complexity index is 700. The Kier molecular flexibility index (Phi) is 4.17. The number of benzene rings is 1. The van der Waals surface area contributed by atoms with Crippen LogP contribution in [0.5, 0.6) is 0 Å². The van der Waals surface area contributed by atoms with Gasteiger partial charge in [0.1, 0.15) is 0 Å². The van der Waals surface area contributed by atoms with Crippen molar-refractivity contribution >= 4 is 20.0 Å². The number of piperazine rings is 1. The highest BCUT2D eigenvalue weighted by Gasteiger charge is 2.29. The van der Waals surface area contributed by atoms with Crippen LogP contribution in [0.1, 0.15) is 6.92 Å². The highest BCUT2D eigenvalue weighted by atomic mass is 32.2. The summed E-state index contributed by atoms with van der Waals surface area (Å²) in [5.41, 5.74) is 0. The summed E-state index contributed by atoms with van der Waals surface area (Å²) >= 11 is 0. The molecule has 1 atom stereocenters. The SMILES string of the molecule is C[C@H]1CN(S(=O)(=O)c2cccc(S(N)(=O)=O)c2)CCN1. The maximum Gasteiger partial charge on any atom is 0.243 e. The topological polar surface area (TPSA) is 110 Å². The zero-order chi connectivity index (χ0) is 15.0. The summed E-state index contributed by atoms with van der Waals surface area (Å²) in [6.07, 6.45) is 0. The van der Waals surface area contributed by atoms with E-state index in [-0.39, 0.29) is 15.8 Å². The van der Waals surface area contributed by atoms with E-state index in [2.05, 4.69) is 5.32 Å². The van der Waals surface area contributed by atoms with Gasteiger partial charge in [0.2, 0.25) is 20.0 Å². The maximum atomic E-state index is 12.5. The van der Waals surface area contributed by atoms with E-state index >= 15 is 0 Å². The van der Waals surface area contributed by atoms with Gasteiger partial charge in [0.15, 0.2) is 0 Å². The fourth-order valence-corrected chi connectivity index (χ4v) is 4.29. The van der Waals surface area contributed by atoms with Crippen molar-refractivity contribution in [2.24, 2.45) is 5.14 Å². The minimum absolute atomic E-state index is 0.0555. The minimum Gasteiger partial charge on any atom is -0.312 e. The molecule has 7 nitrogen and oxygen atoms in total. The lowest BCUT2D eigenvalue weighted by atomic mass is 10.3. The van der Waals surface area contributed by atoms with Crippen molar-refractivity contribution in [1.82, 2.24) is 9.62 Å². The largest absolute Gasteiger partial charge is 0.312 e. The summed E-state index contributed by atoms with van der Waals surface area (Å²) in [7, 11) is -7.63. The van der Waals surface area contributed by atoms with E-state index < -0.39 is 20.0 Å². The Morgan fingerprint density at radius 3 is 2.50 bits per heavy atom. The fourth-order valence-electron chi connectivity index (χ4n) is 2.08. The van der Waals surface area contributed by atoms with Crippen molar-refractivity contribution in [2.45, 2.75) is 22.8 Å². The first kappa shape index (κ1) is 15.4. The molecule has 3 N–H and O–H groups in total. The quantitative estimate of drug-likeness (QED) is 0.767. The molecule has 0 aliphatic carbocycles. The predicted molar refractivity (Wildman–Crippen MR) is 74.0 cm³/mol. The first-order valence-corrected chi connectivity index (χ1v) is 9.06. The number of nitrogens with zero attached hydrogens (tertiary/aromatic N) is 1. The molecule has 1 heterocycles. The second-order valence-electron chi connectivity index (χ2n) is 4.74. The lowest BCUT2D eigenvalue weighted by Crippen LogP contribution is -2.51. The third-order valence-corrected chi connectivity index (χ3v) is 5.88. The molecule has 0 spiro atoms. The van der Waals surface area contributed by atoms with Crippen LogP contribution in [0, 0.1) is 0 Å². The molecule has 0 aromatic heterocycles. The van der Waals surface area contributed by atoms with Crippen LogP contribution < -0.4 is 10.5 Å². The smallest absolute Gasteiger partial charge is 0.243 e. The van der Waals surface area contributed by atoms with E-state index in [0.29, 0.717) is 19.6 Å². The lowest BCUT2D eigenvalue weighted by molar-refractivity contribution is 0.310. The molecule has 1 aliphatic rings. The molecular weight excluding hydrogens is 302 g/mol. The van der Waals surface area contributed by atoms with Gasteiger partial charge in [-0.2, -0.15) is 4.31 Å². The average molecular weight is 319 g/mol. The molecule has 112 valence electrons. The molecule has 9 heteroatoms. The van der Waals surface area contributed by atoms with Gasteiger partial charge in [0, 0.05) is 25.7 Å². The van der Waals surface area contributed by atoms with Crippen molar-refractivity contribution in [3.05, 3.63) is 24.3 Å². The molecular formula is C11H17N3O4S2. The fraction of sp³-hybridized carbons (Fsp3) is 0.455. The maximum absolute atomic E-state index is 12.5. The van der Waals surface area contributed by atoms with Gasteiger partial charge in [-0.1, -0.05) is 6.07 Å². The van der Waals surface area contributed by atoms with Gasteiger partial charge in [-0.25, -0.2) is 22.0 Å². The summed E-state index contributed by atoms with van der Waals surface area (Å²) in [4.78, 5) is -0.264. The summed E-state index contributed by atoms with van der Waals surface area (Å²) in [6, 6.07) is 5.17. The van der Waals surface area contributed by atoms with Gasteiger partial charge in [0.05, 0.1) is 9.79 Å². The van der Waals surface area contributed by atoms with Gasteiger partial charge in [-0.3, -0.25) is 0 Å². The van der Waals surface area contributed by atoms with E-state index in [1.54, 1.807) is 0 Å². The van der Waals surface area contributed by atoms with Gasteiger partial charge >= 0.3 is 0 Å². The van der Waals surface area contributed by atoms with E-state index in [9.17, 15) is 16.8 Å². The standard InChI is InChI=1S/C11H17N3O4S2/c1-9-8-14(6-5-13-9)20(17,18)11-4-2-3-10(7-11)19(12,15)16/h2-4,7,9,13H,5-6,8H2,1H3,(H2,12,15,16)/t9-/m0/s1. The summed E-state index contributed by atoms with van der Waals surface area (Å²) in [5.74, 6) is 0. The minimum atomic E-state index is -3.92. The van der Waals surface area contributed by atoms with E-state index in [1.807, 2.05) is 6.92 Å². The third-order valence-electron chi connectivity index (χ3n) is 3.10. The molecule has 1 fully saturated rings. The highest BCUT2D eigenvalue weighted by Crippen LogP contribution is 2.20. The first-order chi connectivity index (χ1) is 9.21. The van der Waals surface area contributed by atoms with Crippen molar-refractivity contribution in [1.29, 1.82) is 0 Å². The normalized spacial score (nSPS) is 21.8. The zero-order valence-corrected chi connectivity index (χ0v) is 12.6. The molecule has 2 rings (SSSR count). The second kappa shape index (κ2) is 5.41. The van der Waals surface area contributed by atoms with Gasteiger partial charge < -0.3 is 5.32 Å². The Balaban J connectivity index is 2.39. The van der Waals surface area contributed by atoms with Gasteiger partial charge in [-0.05, 0) is 25.1 Å². The van der Waals surface area contributed by atoms with Crippen molar-refractivity contribution in [2.75, 3.05) is 19.6 Å². The number of hydrogen-bond donors (Lipinski definition) is 2.